The number of aliphatic hydroxyl groups is 1. The molecule has 1 aliphatic rings. The van der Waals surface area contributed by atoms with Crippen LogP contribution in [-0.2, 0) is 36.9 Å². The van der Waals surface area contributed by atoms with E-state index in [9.17, 15) is 5.11 Å². The van der Waals surface area contributed by atoms with Crippen molar-refractivity contribution >= 4 is 0 Å². The Morgan fingerprint density at radius 2 is 1.54 bits per heavy atom. The topological polar surface area (TPSA) is 115 Å². The van der Waals surface area contributed by atoms with Gasteiger partial charge in [-0.2, -0.15) is 0 Å². The van der Waals surface area contributed by atoms with Gasteiger partial charge in [-0.15, -0.1) is 0 Å². The van der Waals surface area contributed by atoms with Crippen LogP contribution in [0.15, 0.2) is 65.8 Å². The van der Waals surface area contributed by atoms with E-state index >= 15 is 0 Å². The van der Waals surface area contributed by atoms with Gasteiger partial charge < -0.3 is 28.8 Å². The summed E-state index contributed by atoms with van der Waals surface area (Å²) in [4.78, 5) is 2.75. The van der Waals surface area contributed by atoms with E-state index in [1.54, 1.807) is 7.11 Å². The van der Waals surface area contributed by atoms with E-state index in [4.69, 9.17) is 29.2 Å². The van der Waals surface area contributed by atoms with Crippen molar-refractivity contribution in [3.63, 3.8) is 0 Å². The van der Waals surface area contributed by atoms with E-state index in [-0.39, 0.29) is 6.61 Å². The second-order valence-corrected chi connectivity index (χ2v) is 8.38. The van der Waals surface area contributed by atoms with Gasteiger partial charge in [-0.3, -0.25) is 0 Å². The van der Waals surface area contributed by atoms with Crippen LogP contribution in [0, 0.1) is 0 Å². The Kier molecular flexibility index (Phi) is 12.0. The molecule has 2 aromatic rings. The van der Waals surface area contributed by atoms with Crippen LogP contribution < -0.4 is 0 Å². The fourth-order valence-corrected chi connectivity index (χ4v) is 3.93. The summed E-state index contributed by atoms with van der Waals surface area (Å²) in [6.45, 7) is 1.87. The Labute approximate surface area is 206 Å². The van der Waals surface area contributed by atoms with Crippen molar-refractivity contribution in [2.45, 2.75) is 63.2 Å². The van der Waals surface area contributed by atoms with Crippen LogP contribution in [0.4, 0.5) is 0 Å². The van der Waals surface area contributed by atoms with Gasteiger partial charge in [0.05, 0.1) is 19.8 Å². The summed E-state index contributed by atoms with van der Waals surface area (Å²) in [6.07, 6.45) is -1.07. The highest BCUT2D eigenvalue weighted by atomic mass is 16.7. The fourth-order valence-electron chi connectivity index (χ4n) is 3.93. The van der Waals surface area contributed by atoms with Crippen molar-refractivity contribution in [1.82, 2.24) is 0 Å². The summed E-state index contributed by atoms with van der Waals surface area (Å²) in [6, 6.07) is 19.6. The quantitative estimate of drug-likeness (QED) is 0.173. The van der Waals surface area contributed by atoms with Gasteiger partial charge in [0, 0.05) is 25.2 Å². The molecule has 0 radical (unpaired) electrons. The monoisotopic (exact) mass is 485 g/mol. The lowest BCUT2D eigenvalue weighted by Gasteiger charge is -2.43. The fraction of sp³-hybridized carbons (Fsp3) is 0.538. The number of aliphatic hydroxyl groups excluding tert-OH is 1. The Morgan fingerprint density at radius 3 is 2.14 bits per heavy atom. The van der Waals surface area contributed by atoms with E-state index < -0.39 is 30.7 Å². The number of benzene rings is 2. The van der Waals surface area contributed by atoms with Crippen LogP contribution in [-0.4, -0.2) is 62.7 Å². The minimum Gasteiger partial charge on any atom is -0.387 e. The summed E-state index contributed by atoms with van der Waals surface area (Å²) < 4.78 is 29.8. The predicted octanol–water partition coefficient (Wildman–Crippen LogP) is 4.39. The Bertz CT molecular complexity index is 881. The zero-order chi connectivity index (χ0) is 24.7. The molecule has 1 heterocycles. The molecule has 0 amide bonds. The molecule has 0 aromatic heterocycles. The third-order valence-corrected chi connectivity index (χ3v) is 5.81. The zero-order valence-corrected chi connectivity index (χ0v) is 20.1. The smallest absolute Gasteiger partial charge is 0.186 e. The van der Waals surface area contributed by atoms with Gasteiger partial charge in [0.15, 0.2) is 6.29 Å². The average Bonchev–Trinajstić information content (AvgIpc) is 2.90. The molecular weight excluding hydrogens is 450 g/mol. The zero-order valence-electron chi connectivity index (χ0n) is 20.1. The van der Waals surface area contributed by atoms with E-state index in [1.165, 1.54) is 0 Å². The lowest BCUT2D eigenvalue weighted by Crippen LogP contribution is -2.60. The molecule has 1 fully saturated rings. The van der Waals surface area contributed by atoms with Crippen molar-refractivity contribution in [3.05, 3.63) is 82.2 Å². The molecular formula is C26H35N3O6. The molecule has 0 spiro atoms. The molecule has 35 heavy (non-hydrogen) atoms. The lowest BCUT2D eigenvalue weighted by molar-refractivity contribution is -0.315. The van der Waals surface area contributed by atoms with E-state index in [0.717, 1.165) is 30.4 Å². The summed E-state index contributed by atoms with van der Waals surface area (Å²) in [7, 11) is 1.55. The lowest BCUT2D eigenvalue weighted by atomic mass is 9.98. The first-order valence-corrected chi connectivity index (χ1v) is 12.0. The number of hydrogen-bond donors (Lipinski definition) is 1. The van der Waals surface area contributed by atoms with Gasteiger partial charge in [-0.25, -0.2) is 0 Å². The minimum absolute atomic E-state index is 0.202. The number of methoxy groups -OCH3 is 1. The number of nitrogens with zero attached hydrogens (tertiary/aromatic N) is 3. The third kappa shape index (κ3) is 8.91. The van der Waals surface area contributed by atoms with Gasteiger partial charge >= 0.3 is 0 Å². The summed E-state index contributed by atoms with van der Waals surface area (Å²) in [5.74, 6) is 0. The number of hydrogen-bond acceptors (Lipinski definition) is 7. The molecule has 2 aromatic carbocycles. The van der Waals surface area contributed by atoms with Crippen molar-refractivity contribution in [3.8, 4) is 0 Å². The van der Waals surface area contributed by atoms with Gasteiger partial charge in [-0.05, 0) is 29.5 Å². The molecule has 0 aliphatic carbocycles. The second-order valence-electron chi connectivity index (χ2n) is 8.38. The molecule has 190 valence electrons. The first-order chi connectivity index (χ1) is 17.2. The highest BCUT2D eigenvalue weighted by Gasteiger charge is 2.47. The van der Waals surface area contributed by atoms with E-state index in [1.807, 2.05) is 60.7 Å². The predicted molar refractivity (Wildman–Crippen MR) is 130 cm³/mol. The standard InChI is InChI=1S/C26H35N3O6/c1-31-26-25(34-18-21-13-7-3-8-14-21)24(33-17-20-11-5-2-6-12-20)23(30)22(35-26)19-32-16-10-4-9-15-28-29-27/h2-3,5-8,11-14,22-26,30H,4,9-10,15-19H2,1H3/t22-,23-,24+,25-,26-/m1/s1. The number of azide groups is 1. The molecule has 0 bridgehead atoms. The van der Waals surface area contributed by atoms with Crippen molar-refractivity contribution in [2.75, 3.05) is 26.9 Å². The van der Waals surface area contributed by atoms with Gasteiger partial charge in [-0.1, -0.05) is 72.2 Å². The molecule has 9 heteroatoms. The first-order valence-electron chi connectivity index (χ1n) is 12.0. The van der Waals surface area contributed by atoms with Crippen molar-refractivity contribution in [1.29, 1.82) is 0 Å². The molecule has 1 N–H and O–H groups in total. The van der Waals surface area contributed by atoms with Crippen LogP contribution in [0.3, 0.4) is 0 Å². The Morgan fingerprint density at radius 1 is 0.914 bits per heavy atom. The highest BCUT2D eigenvalue weighted by molar-refractivity contribution is 5.14. The van der Waals surface area contributed by atoms with E-state index in [0.29, 0.717) is 26.4 Å². The SMILES string of the molecule is CO[C@@H]1O[C@H](COCCCCCN=[N+]=[N-])[C@@H](O)[C@H](OCc2ccccc2)[C@H]1OCc1ccccc1. The molecule has 0 saturated carbocycles. The van der Waals surface area contributed by atoms with Crippen molar-refractivity contribution < 1.29 is 28.8 Å². The minimum atomic E-state index is -0.962. The summed E-state index contributed by atoms with van der Waals surface area (Å²) >= 11 is 0. The maximum atomic E-state index is 11.2. The Hall–Kier alpha value is -2.49. The molecule has 1 saturated heterocycles. The molecule has 3 rings (SSSR count). The second kappa shape index (κ2) is 15.5. The van der Waals surface area contributed by atoms with Crippen LogP contribution in [0.5, 0.6) is 0 Å². The number of unbranched alkanes of at least 4 members (excludes halogenated alkanes) is 2. The van der Waals surface area contributed by atoms with Crippen LogP contribution in [0.25, 0.3) is 10.4 Å². The Balaban J connectivity index is 1.60. The largest absolute Gasteiger partial charge is 0.387 e. The number of ether oxygens (including phenoxy) is 5. The van der Waals surface area contributed by atoms with Crippen molar-refractivity contribution in [2.24, 2.45) is 5.11 Å². The maximum absolute atomic E-state index is 11.2. The maximum Gasteiger partial charge on any atom is 0.186 e. The van der Waals surface area contributed by atoms with Gasteiger partial charge in [0.25, 0.3) is 0 Å². The molecule has 9 nitrogen and oxygen atoms in total. The van der Waals surface area contributed by atoms with E-state index in [2.05, 4.69) is 10.0 Å². The normalized spacial score (nSPS) is 24.1. The average molecular weight is 486 g/mol. The summed E-state index contributed by atoms with van der Waals surface area (Å²) in [5.41, 5.74) is 10.3. The first kappa shape index (κ1) is 27.1. The van der Waals surface area contributed by atoms with Gasteiger partial charge in [0.2, 0.25) is 0 Å². The molecule has 0 unspecified atom stereocenters. The summed E-state index contributed by atoms with van der Waals surface area (Å²) in [5, 5.41) is 14.7. The molecule has 1 aliphatic heterocycles. The number of rotatable bonds is 15. The third-order valence-electron chi connectivity index (χ3n) is 5.81. The molecule has 5 atom stereocenters. The van der Waals surface area contributed by atoms with Crippen LogP contribution >= 0.6 is 0 Å². The highest BCUT2D eigenvalue weighted by Crippen LogP contribution is 2.28. The van der Waals surface area contributed by atoms with Gasteiger partial charge in [0.1, 0.15) is 24.4 Å². The van der Waals surface area contributed by atoms with Crippen LogP contribution in [0.1, 0.15) is 30.4 Å². The van der Waals surface area contributed by atoms with Crippen LogP contribution in [0.2, 0.25) is 0 Å².